The number of hydrogen-bond acceptors (Lipinski definition) is 7. The van der Waals surface area contributed by atoms with Gasteiger partial charge in [-0.25, -0.2) is 0 Å². The molecule has 10 heteroatoms. The average molecular weight is 453 g/mol. The van der Waals surface area contributed by atoms with Crippen LogP contribution in [-0.4, -0.2) is 24.5 Å². The van der Waals surface area contributed by atoms with E-state index in [0.29, 0.717) is 22.7 Å². The first kappa shape index (κ1) is 20.5. The van der Waals surface area contributed by atoms with E-state index in [-0.39, 0.29) is 9.47 Å². The van der Waals surface area contributed by atoms with Crippen LogP contribution in [-0.2, 0) is 10.0 Å². The van der Waals surface area contributed by atoms with E-state index < -0.39 is 15.9 Å². The molecule has 0 saturated heterocycles. The third-order valence-corrected chi connectivity index (χ3v) is 6.57. The maximum absolute atomic E-state index is 12.6. The summed E-state index contributed by atoms with van der Waals surface area (Å²) in [5, 5.41) is 10.1. The number of ether oxygens (including phenoxy) is 1. The summed E-state index contributed by atoms with van der Waals surface area (Å²) in [4.78, 5) is 12.2. The summed E-state index contributed by atoms with van der Waals surface area (Å²) in [7, 11) is -3.96. The maximum atomic E-state index is 12.6. The van der Waals surface area contributed by atoms with Crippen molar-refractivity contribution >= 4 is 38.1 Å². The SMILES string of the molecule is O=C(Nc1nnc(S(=O)(=O)Nc2ccc(Oc3ccccc3)cc2)s1)c1ccccc1. The van der Waals surface area contributed by atoms with Crippen molar-refractivity contribution < 1.29 is 17.9 Å². The highest BCUT2D eigenvalue weighted by atomic mass is 32.2. The lowest BCUT2D eigenvalue weighted by molar-refractivity contribution is 0.102. The van der Waals surface area contributed by atoms with Gasteiger partial charge in [0.15, 0.2) is 0 Å². The molecular formula is C21H16N4O4S2. The highest BCUT2D eigenvalue weighted by Gasteiger charge is 2.21. The van der Waals surface area contributed by atoms with Crippen molar-refractivity contribution in [3.05, 3.63) is 90.5 Å². The topological polar surface area (TPSA) is 110 Å². The van der Waals surface area contributed by atoms with Crippen LogP contribution in [0.15, 0.2) is 89.3 Å². The minimum atomic E-state index is -3.96. The fourth-order valence-electron chi connectivity index (χ4n) is 2.54. The second-order valence-corrected chi connectivity index (χ2v) is 9.07. The number of benzene rings is 3. The summed E-state index contributed by atoms with van der Waals surface area (Å²) in [6.07, 6.45) is 0. The molecule has 0 radical (unpaired) electrons. The number of para-hydroxylation sites is 1. The molecule has 4 rings (SSSR count). The Hall–Kier alpha value is -3.76. The quantitative estimate of drug-likeness (QED) is 0.403. The lowest BCUT2D eigenvalue weighted by atomic mass is 10.2. The summed E-state index contributed by atoms with van der Waals surface area (Å²) in [6, 6.07) is 24.2. The van der Waals surface area contributed by atoms with Gasteiger partial charge in [-0.1, -0.05) is 47.7 Å². The summed E-state index contributed by atoms with van der Waals surface area (Å²) in [5.74, 6) is 0.841. The lowest BCUT2D eigenvalue weighted by Crippen LogP contribution is -2.12. The van der Waals surface area contributed by atoms with Crippen LogP contribution in [0.2, 0.25) is 0 Å². The number of nitrogens with zero attached hydrogens (tertiary/aromatic N) is 2. The highest BCUT2D eigenvalue weighted by Crippen LogP contribution is 2.26. The van der Waals surface area contributed by atoms with Gasteiger partial charge in [-0.15, -0.1) is 10.2 Å². The highest BCUT2D eigenvalue weighted by molar-refractivity contribution is 7.94. The molecule has 4 aromatic rings. The van der Waals surface area contributed by atoms with E-state index in [4.69, 9.17) is 4.74 Å². The van der Waals surface area contributed by atoms with Crippen molar-refractivity contribution in [2.75, 3.05) is 10.0 Å². The van der Waals surface area contributed by atoms with Gasteiger partial charge in [0, 0.05) is 11.3 Å². The van der Waals surface area contributed by atoms with E-state index in [1.807, 2.05) is 30.3 Å². The van der Waals surface area contributed by atoms with Gasteiger partial charge in [0.2, 0.25) is 5.13 Å². The van der Waals surface area contributed by atoms with E-state index in [1.165, 1.54) is 0 Å². The van der Waals surface area contributed by atoms with Gasteiger partial charge in [-0.2, -0.15) is 8.42 Å². The zero-order valence-corrected chi connectivity index (χ0v) is 17.6. The molecule has 0 bridgehead atoms. The normalized spacial score (nSPS) is 11.0. The van der Waals surface area contributed by atoms with Crippen LogP contribution in [0.25, 0.3) is 0 Å². The van der Waals surface area contributed by atoms with Gasteiger partial charge in [-0.05, 0) is 48.5 Å². The van der Waals surface area contributed by atoms with Crippen molar-refractivity contribution in [2.45, 2.75) is 4.34 Å². The monoisotopic (exact) mass is 452 g/mol. The molecule has 1 aromatic heterocycles. The van der Waals surface area contributed by atoms with Gasteiger partial charge in [0.25, 0.3) is 20.3 Å². The smallest absolute Gasteiger partial charge is 0.291 e. The van der Waals surface area contributed by atoms with E-state index in [2.05, 4.69) is 20.2 Å². The molecular weight excluding hydrogens is 436 g/mol. The van der Waals surface area contributed by atoms with Crippen LogP contribution in [0.1, 0.15) is 10.4 Å². The minimum Gasteiger partial charge on any atom is -0.457 e. The Morgan fingerprint density at radius 1 is 0.806 bits per heavy atom. The van der Waals surface area contributed by atoms with Gasteiger partial charge in [-0.3, -0.25) is 14.8 Å². The van der Waals surface area contributed by atoms with E-state index in [9.17, 15) is 13.2 Å². The largest absolute Gasteiger partial charge is 0.457 e. The molecule has 0 aliphatic heterocycles. The fraction of sp³-hybridized carbons (Fsp3) is 0. The van der Waals surface area contributed by atoms with E-state index in [1.54, 1.807) is 54.6 Å². The van der Waals surface area contributed by atoms with Crippen molar-refractivity contribution in [3.63, 3.8) is 0 Å². The van der Waals surface area contributed by atoms with Gasteiger partial charge in [0.1, 0.15) is 11.5 Å². The number of anilines is 2. The Morgan fingerprint density at radius 2 is 1.42 bits per heavy atom. The lowest BCUT2D eigenvalue weighted by Gasteiger charge is -2.08. The minimum absolute atomic E-state index is 0.0841. The molecule has 8 nitrogen and oxygen atoms in total. The molecule has 0 fully saturated rings. The van der Waals surface area contributed by atoms with Crippen molar-refractivity contribution in [1.82, 2.24) is 10.2 Å². The zero-order chi connectivity index (χ0) is 21.7. The summed E-state index contributed by atoms with van der Waals surface area (Å²) in [6.45, 7) is 0. The summed E-state index contributed by atoms with van der Waals surface area (Å²) >= 11 is 0.758. The van der Waals surface area contributed by atoms with Crippen LogP contribution < -0.4 is 14.8 Å². The number of carbonyl (C=O) groups is 1. The first-order valence-corrected chi connectivity index (χ1v) is 11.4. The van der Waals surface area contributed by atoms with Crippen molar-refractivity contribution in [3.8, 4) is 11.5 Å². The third kappa shape index (κ3) is 5.24. The van der Waals surface area contributed by atoms with Crippen molar-refractivity contribution in [1.29, 1.82) is 0 Å². The molecule has 1 amide bonds. The molecule has 3 aromatic carbocycles. The van der Waals surface area contributed by atoms with Crippen molar-refractivity contribution in [2.24, 2.45) is 0 Å². The van der Waals surface area contributed by atoms with Gasteiger partial charge < -0.3 is 4.74 Å². The van der Waals surface area contributed by atoms with E-state index in [0.717, 1.165) is 11.3 Å². The predicted molar refractivity (Wildman–Crippen MR) is 118 cm³/mol. The van der Waals surface area contributed by atoms with Gasteiger partial charge >= 0.3 is 0 Å². The summed E-state index contributed by atoms with van der Waals surface area (Å²) in [5.41, 5.74) is 0.767. The van der Waals surface area contributed by atoms with Crippen LogP contribution in [0, 0.1) is 0 Å². The predicted octanol–water partition coefficient (Wildman–Crippen LogP) is 4.38. The van der Waals surface area contributed by atoms with E-state index >= 15 is 0 Å². The Bertz CT molecular complexity index is 1280. The average Bonchev–Trinajstić information content (AvgIpc) is 3.26. The first-order valence-electron chi connectivity index (χ1n) is 9.05. The first-order chi connectivity index (χ1) is 15.0. The summed E-state index contributed by atoms with van der Waals surface area (Å²) < 4.78 is 33.1. The number of carbonyl (C=O) groups excluding carboxylic acids is 1. The Balaban J connectivity index is 1.41. The van der Waals surface area contributed by atoms with Crippen LogP contribution in [0.3, 0.4) is 0 Å². The molecule has 1 heterocycles. The van der Waals surface area contributed by atoms with Crippen LogP contribution >= 0.6 is 11.3 Å². The van der Waals surface area contributed by atoms with Crippen LogP contribution in [0.4, 0.5) is 10.8 Å². The Kier molecular flexibility index (Phi) is 5.92. The standard InChI is InChI=1S/C21H16N4O4S2/c26-19(15-7-3-1-4-8-15)22-20-23-24-21(30-20)31(27,28)25-16-11-13-18(14-12-16)29-17-9-5-2-6-10-17/h1-14,25H,(H,22,23,26). The number of aromatic nitrogens is 2. The number of rotatable bonds is 7. The molecule has 0 atom stereocenters. The number of hydrogen-bond donors (Lipinski definition) is 2. The fourth-order valence-corrected chi connectivity index (χ4v) is 4.50. The second-order valence-electron chi connectivity index (χ2n) is 6.24. The Labute approximate surface area is 182 Å². The maximum Gasteiger partial charge on any atom is 0.291 e. The molecule has 156 valence electrons. The van der Waals surface area contributed by atoms with Gasteiger partial charge in [0.05, 0.1) is 0 Å². The molecule has 0 aliphatic rings. The number of amides is 1. The van der Waals surface area contributed by atoms with Crippen LogP contribution in [0.5, 0.6) is 11.5 Å². The molecule has 0 aliphatic carbocycles. The Morgan fingerprint density at radius 3 is 2.10 bits per heavy atom. The molecule has 2 N–H and O–H groups in total. The third-order valence-electron chi connectivity index (χ3n) is 3.98. The molecule has 0 spiro atoms. The number of sulfonamides is 1. The molecule has 31 heavy (non-hydrogen) atoms. The molecule has 0 unspecified atom stereocenters. The second kappa shape index (κ2) is 8.94. The molecule has 0 saturated carbocycles. The number of nitrogens with one attached hydrogen (secondary N) is 2. The zero-order valence-electron chi connectivity index (χ0n) is 15.9.